The number of carbonyl (C=O) groups is 2. The van der Waals surface area contributed by atoms with Gasteiger partial charge in [0.05, 0.1) is 31.7 Å². The lowest BCUT2D eigenvalue weighted by atomic mass is 10.1. The van der Waals surface area contributed by atoms with E-state index >= 15 is 0 Å². The fourth-order valence-corrected chi connectivity index (χ4v) is 3.30. The minimum absolute atomic E-state index is 0.218. The summed E-state index contributed by atoms with van der Waals surface area (Å²) in [7, 11) is 0. The van der Waals surface area contributed by atoms with Gasteiger partial charge in [0.25, 0.3) is 17.3 Å². The van der Waals surface area contributed by atoms with Gasteiger partial charge in [-0.2, -0.15) is 0 Å². The zero-order valence-corrected chi connectivity index (χ0v) is 15.0. The summed E-state index contributed by atoms with van der Waals surface area (Å²) in [5.74, 6) is -1.00. The molecule has 12 heteroatoms. The summed E-state index contributed by atoms with van der Waals surface area (Å²) in [4.78, 5) is 48.0. The second-order valence-electron chi connectivity index (χ2n) is 5.59. The zero-order chi connectivity index (χ0) is 20.4. The Morgan fingerprint density at radius 2 is 1.64 bits per heavy atom. The highest BCUT2D eigenvalue weighted by molar-refractivity contribution is 7.22. The first-order valence-electron chi connectivity index (χ1n) is 7.66. The maximum atomic E-state index is 12.4. The van der Waals surface area contributed by atoms with E-state index in [2.05, 4.69) is 15.6 Å². The van der Waals surface area contributed by atoms with Gasteiger partial charge < -0.3 is 10.6 Å². The van der Waals surface area contributed by atoms with Crippen molar-refractivity contribution in [1.82, 2.24) is 4.98 Å². The largest absolute Gasteiger partial charge is 0.322 e. The van der Waals surface area contributed by atoms with Gasteiger partial charge in [-0.25, -0.2) is 4.98 Å². The maximum Gasteiger partial charge on any atom is 0.277 e. The number of anilines is 2. The lowest BCUT2D eigenvalue weighted by Crippen LogP contribution is -2.12. The molecule has 0 aliphatic rings. The molecule has 0 spiro atoms. The highest BCUT2D eigenvalue weighted by Crippen LogP contribution is 2.29. The first-order valence-corrected chi connectivity index (χ1v) is 8.48. The van der Waals surface area contributed by atoms with E-state index in [4.69, 9.17) is 0 Å². The van der Waals surface area contributed by atoms with Gasteiger partial charge in [0.2, 0.25) is 5.91 Å². The van der Waals surface area contributed by atoms with Gasteiger partial charge in [-0.05, 0) is 18.2 Å². The molecule has 11 nitrogen and oxygen atoms in total. The van der Waals surface area contributed by atoms with Crippen molar-refractivity contribution in [2.45, 2.75) is 6.92 Å². The number of rotatable bonds is 5. The number of hydrogen-bond donors (Lipinski definition) is 2. The molecule has 0 bridgehead atoms. The van der Waals surface area contributed by atoms with Crippen LogP contribution in [-0.2, 0) is 4.79 Å². The van der Waals surface area contributed by atoms with Crippen LogP contribution in [0.1, 0.15) is 17.3 Å². The fourth-order valence-electron chi connectivity index (χ4n) is 2.35. The van der Waals surface area contributed by atoms with E-state index in [0.717, 1.165) is 18.2 Å². The second kappa shape index (κ2) is 7.36. The van der Waals surface area contributed by atoms with Crippen LogP contribution in [-0.4, -0.2) is 26.6 Å². The number of non-ortho nitro benzene ring substituents is 2. The molecule has 0 fully saturated rings. The fraction of sp³-hybridized carbons (Fsp3) is 0.0625. The Hall–Kier alpha value is -3.93. The van der Waals surface area contributed by atoms with Crippen molar-refractivity contribution < 1.29 is 19.4 Å². The Labute approximate surface area is 160 Å². The van der Waals surface area contributed by atoms with E-state index in [9.17, 15) is 29.8 Å². The van der Waals surface area contributed by atoms with E-state index in [1.54, 1.807) is 18.2 Å². The Kier molecular flexibility index (Phi) is 4.96. The molecule has 3 rings (SSSR count). The topological polar surface area (TPSA) is 157 Å². The van der Waals surface area contributed by atoms with E-state index in [-0.39, 0.29) is 11.5 Å². The quantitative estimate of drug-likeness (QED) is 0.490. The molecular formula is C16H11N5O6S. The number of aromatic nitrogens is 1. The summed E-state index contributed by atoms with van der Waals surface area (Å²) in [5, 5.41) is 27.4. The molecule has 2 aromatic carbocycles. The standard InChI is InChI=1S/C16H11N5O6S/c1-8(22)17-16-19-13-3-2-10(6-14(13)28-16)18-15(23)9-4-11(20(24)25)7-12(5-9)21(26)27/h2-7H,1H3,(H,18,23)(H,17,19,22). The summed E-state index contributed by atoms with van der Waals surface area (Å²) in [6, 6.07) is 7.50. The van der Waals surface area contributed by atoms with Gasteiger partial charge >= 0.3 is 0 Å². The van der Waals surface area contributed by atoms with E-state index < -0.39 is 27.1 Å². The number of hydrogen-bond acceptors (Lipinski definition) is 8. The molecule has 0 aliphatic heterocycles. The van der Waals surface area contributed by atoms with E-state index in [1.165, 1.54) is 18.3 Å². The Morgan fingerprint density at radius 3 is 2.21 bits per heavy atom. The van der Waals surface area contributed by atoms with Gasteiger partial charge in [0.15, 0.2) is 5.13 Å². The summed E-state index contributed by atoms with van der Waals surface area (Å²) in [6.45, 7) is 1.36. The molecule has 2 amide bonds. The first kappa shape index (κ1) is 18.8. The van der Waals surface area contributed by atoms with Gasteiger partial charge in [-0.3, -0.25) is 29.8 Å². The molecule has 1 aromatic heterocycles. The third-order valence-corrected chi connectivity index (χ3v) is 4.45. The summed E-state index contributed by atoms with van der Waals surface area (Å²) in [5.41, 5.74) is -0.360. The number of carbonyl (C=O) groups excluding carboxylic acids is 2. The smallest absolute Gasteiger partial charge is 0.277 e. The molecule has 142 valence electrons. The predicted octanol–water partition coefficient (Wildman–Crippen LogP) is 3.32. The van der Waals surface area contributed by atoms with Crippen LogP contribution >= 0.6 is 11.3 Å². The highest BCUT2D eigenvalue weighted by atomic mass is 32.1. The predicted molar refractivity (Wildman–Crippen MR) is 102 cm³/mol. The number of nitro groups is 2. The molecule has 1 heterocycles. The van der Waals surface area contributed by atoms with Crippen molar-refractivity contribution in [3.05, 3.63) is 62.2 Å². The molecule has 0 saturated carbocycles. The van der Waals surface area contributed by atoms with Gasteiger partial charge in [0, 0.05) is 24.7 Å². The SMILES string of the molecule is CC(=O)Nc1nc2ccc(NC(=O)c3cc([N+](=O)[O-])cc([N+](=O)[O-])c3)cc2s1. The Morgan fingerprint density at radius 1 is 1.00 bits per heavy atom. The lowest BCUT2D eigenvalue weighted by Gasteiger charge is -2.05. The Bertz CT molecular complexity index is 1110. The van der Waals surface area contributed by atoms with Crippen LogP contribution in [0, 0.1) is 20.2 Å². The number of fused-ring (bicyclic) bond motifs is 1. The number of thiazole rings is 1. The van der Waals surface area contributed by atoms with Crippen molar-refractivity contribution in [2.24, 2.45) is 0 Å². The van der Waals surface area contributed by atoms with Crippen LogP contribution in [0.4, 0.5) is 22.2 Å². The minimum atomic E-state index is -0.809. The molecule has 0 saturated heterocycles. The van der Waals surface area contributed by atoms with Crippen molar-refractivity contribution in [3.8, 4) is 0 Å². The molecule has 2 N–H and O–H groups in total. The van der Waals surface area contributed by atoms with Crippen LogP contribution < -0.4 is 10.6 Å². The van der Waals surface area contributed by atoms with E-state index in [1.807, 2.05) is 0 Å². The number of benzene rings is 2. The molecule has 0 aliphatic carbocycles. The lowest BCUT2D eigenvalue weighted by molar-refractivity contribution is -0.394. The average molecular weight is 401 g/mol. The molecular weight excluding hydrogens is 390 g/mol. The normalized spacial score (nSPS) is 10.5. The average Bonchev–Trinajstić information content (AvgIpc) is 3.01. The first-order chi connectivity index (χ1) is 13.2. The number of nitrogens with zero attached hydrogens (tertiary/aromatic N) is 3. The van der Waals surface area contributed by atoms with Crippen LogP contribution in [0.3, 0.4) is 0 Å². The van der Waals surface area contributed by atoms with Crippen molar-refractivity contribution in [2.75, 3.05) is 10.6 Å². The molecule has 3 aromatic rings. The maximum absolute atomic E-state index is 12.4. The molecule has 0 unspecified atom stereocenters. The van der Waals surface area contributed by atoms with Gasteiger partial charge in [-0.1, -0.05) is 11.3 Å². The minimum Gasteiger partial charge on any atom is -0.322 e. The molecule has 0 atom stereocenters. The monoisotopic (exact) mass is 401 g/mol. The van der Waals surface area contributed by atoms with Gasteiger partial charge in [-0.15, -0.1) is 0 Å². The molecule has 0 radical (unpaired) electrons. The second-order valence-corrected chi connectivity index (χ2v) is 6.62. The molecule has 28 heavy (non-hydrogen) atoms. The van der Waals surface area contributed by atoms with Crippen LogP contribution in [0.25, 0.3) is 10.2 Å². The van der Waals surface area contributed by atoms with Crippen LogP contribution in [0.15, 0.2) is 36.4 Å². The summed E-state index contributed by atoms with van der Waals surface area (Å²) in [6.07, 6.45) is 0. The Balaban J connectivity index is 1.89. The summed E-state index contributed by atoms with van der Waals surface area (Å²) < 4.78 is 0.687. The van der Waals surface area contributed by atoms with Crippen molar-refractivity contribution >= 4 is 55.6 Å². The van der Waals surface area contributed by atoms with Gasteiger partial charge in [0.1, 0.15) is 0 Å². The van der Waals surface area contributed by atoms with E-state index in [0.29, 0.717) is 21.0 Å². The number of nitrogens with one attached hydrogen (secondary N) is 2. The van der Waals surface area contributed by atoms with Crippen molar-refractivity contribution in [3.63, 3.8) is 0 Å². The van der Waals surface area contributed by atoms with Crippen LogP contribution in [0.5, 0.6) is 0 Å². The van der Waals surface area contributed by atoms with Crippen LogP contribution in [0.2, 0.25) is 0 Å². The third-order valence-electron chi connectivity index (χ3n) is 3.52. The number of amides is 2. The third kappa shape index (κ3) is 4.07. The highest BCUT2D eigenvalue weighted by Gasteiger charge is 2.20. The zero-order valence-electron chi connectivity index (χ0n) is 14.2. The summed E-state index contributed by atoms with van der Waals surface area (Å²) >= 11 is 1.20. The number of nitro benzene ring substituents is 2. The van der Waals surface area contributed by atoms with Crippen molar-refractivity contribution in [1.29, 1.82) is 0 Å².